The molecule has 6 nitrogen and oxygen atoms in total. The van der Waals surface area contributed by atoms with Crippen molar-refractivity contribution >= 4 is 16.7 Å². The predicted molar refractivity (Wildman–Crippen MR) is 45.6 cm³/mol. The quantitative estimate of drug-likeness (QED) is 0.500. The summed E-state index contributed by atoms with van der Waals surface area (Å²) in [7, 11) is 0. The number of hydrogen-bond donors (Lipinski definition) is 2. The number of hydrogen-bond acceptors (Lipinski definition) is 3. The van der Waals surface area contributed by atoms with Crippen LogP contribution in [0.25, 0.3) is 11.0 Å². The summed E-state index contributed by atoms with van der Waals surface area (Å²) in [5.74, 6) is 0. The van der Waals surface area contributed by atoms with Gasteiger partial charge >= 0.3 is 0 Å². The highest BCUT2D eigenvalue weighted by Gasteiger charge is 2.13. The van der Waals surface area contributed by atoms with E-state index >= 15 is 0 Å². The molecule has 0 bridgehead atoms. The highest BCUT2D eigenvalue weighted by molar-refractivity contribution is 5.85. The van der Waals surface area contributed by atoms with E-state index < -0.39 is 4.92 Å². The van der Waals surface area contributed by atoms with Crippen molar-refractivity contribution in [1.82, 2.24) is 9.97 Å². The summed E-state index contributed by atoms with van der Waals surface area (Å²) >= 11 is 0. The molecule has 0 aliphatic rings. The third-order valence-electron chi connectivity index (χ3n) is 1.74. The Morgan fingerprint density at radius 1 is 1.38 bits per heavy atom. The fourth-order valence-electron chi connectivity index (χ4n) is 1.17. The van der Waals surface area contributed by atoms with Crippen LogP contribution in [0.2, 0.25) is 0 Å². The van der Waals surface area contributed by atoms with Crippen LogP contribution >= 0.6 is 0 Å². The van der Waals surface area contributed by atoms with E-state index in [1.54, 1.807) is 0 Å². The van der Waals surface area contributed by atoms with Gasteiger partial charge in [-0.3, -0.25) is 14.9 Å². The minimum atomic E-state index is -0.503. The molecular weight excluding hydrogens is 174 g/mol. The van der Waals surface area contributed by atoms with Crippen molar-refractivity contribution in [2.45, 2.75) is 0 Å². The molecule has 0 saturated heterocycles. The molecule has 2 aromatic heterocycles. The zero-order chi connectivity index (χ0) is 9.42. The maximum Gasteiger partial charge on any atom is 0.296 e. The summed E-state index contributed by atoms with van der Waals surface area (Å²) < 4.78 is 0. The lowest BCUT2D eigenvalue weighted by Crippen LogP contribution is -2.01. The fraction of sp³-hybridized carbons (Fsp3) is 0. The van der Waals surface area contributed by atoms with Crippen molar-refractivity contribution in [1.29, 1.82) is 0 Å². The average molecular weight is 179 g/mol. The predicted octanol–water partition coefficient (Wildman–Crippen LogP) is 0.764. The van der Waals surface area contributed by atoms with Gasteiger partial charge in [0.25, 0.3) is 5.69 Å². The van der Waals surface area contributed by atoms with Crippen LogP contribution in [0.5, 0.6) is 0 Å². The number of H-pyrrole nitrogens is 2. The van der Waals surface area contributed by atoms with E-state index in [9.17, 15) is 14.9 Å². The smallest absolute Gasteiger partial charge is 0.296 e. The molecule has 13 heavy (non-hydrogen) atoms. The van der Waals surface area contributed by atoms with E-state index in [0.717, 1.165) is 0 Å². The van der Waals surface area contributed by atoms with Gasteiger partial charge in [-0.05, 0) is 6.07 Å². The normalized spacial score (nSPS) is 10.5. The van der Waals surface area contributed by atoms with Crippen LogP contribution in [0.3, 0.4) is 0 Å². The summed E-state index contributed by atoms with van der Waals surface area (Å²) in [6, 6.07) is 2.67. The molecule has 0 amide bonds. The van der Waals surface area contributed by atoms with Gasteiger partial charge < -0.3 is 9.97 Å². The van der Waals surface area contributed by atoms with E-state index in [1.165, 1.54) is 18.3 Å². The Hall–Kier alpha value is -2.11. The summed E-state index contributed by atoms with van der Waals surface area (Å²) in [5.41, 5.74) is 0.0506. The number of pyridine rings is 1. The molecule has 2 rings (SSSR count). The van der Waals surface area contributed by atoms with Crippen molar-refractivity contribution in [2.75, 3.05) is 0 Å². The summed E-state index contributed by atoms with van der Waals surface area (Å²) in [5, 5.41) is 10.9. The first-order valence-corrected chi connectivity index (χ1v) is 3.53. The second kappa shape index (κ2) is 2.44. The van der Waals surface area contributed by atoms with Gasteiger partial charge in [0.15, 0.2) is 0 Å². The third kappa shape index (κ3) is 1.08. The number of aromatic amines is 2. The molecule has 0 atom stereocenters. The molecule has 0 unspecified atom stereocenters. The van der Waals surface area contributed by atoms with Crippen LogP contribution in [-0.2, 0) is 0 Å². The zero-order valence-electron chi connectivity index (χ0n) is 6.40. The van der Waals surface area contributed by atoms with Crippen LogP contribution in [0.4, 0.5) is 5.69 Å². The average Bonchev–Trinajstić information content (AvgIpc) is 2.46. The molecule has 0 saturated carbocycles. The van der Waals surface area contributed by atoms with Gasteiger partial charge in [0.1, 0.15) is 5.65 Å². The second-order valence-corrected chi connectivity index (χ2v) is 2.54. The second-order valence-electron chi connectivity index (χ2n) is 2.54. The largest absolute Gasteiger partial charge is 0.341 e. The van der Waals surface area contributed by atoms with Gasteiger partial charge in [-0.25, -0.2) is 0 Å². The zero-order valence-corrected chi connectivity index (χ0v) is 6.40. The SMILES string of the molecule is O=c1ccc2c([N+](=O)[O-])c[nH]c2[nH]1. The molecule has 66 valence electrons. The van der Waals surface area contributed by atoms with Gasteiger partial charge in [0.05, 0.1) is 16.5 Å². The van der Waals surface area contributed by atoms with E-state index in [0.29, 0.717) is 11.0 Å². The van der Waals surface area contributed by atoms with Crippen LogP contribution < -0.4 is 5.56 Å². The molecule has 0 radical (unpaired) electrons. The lowest BCUT2D eigenvalue weighted by Gasteiger charge is -1.87. The molecule has 0 spiro atoms. The molecule has 0 aliphatic carbocycles. The monoisotopic (exact) mass is 179 g/mol. The highest BCUT2D eigenvalue weighted by Crippen LogP contribution is 2.21. The fourth-order valence-corrected chi connectivity index (χ4v) is 1.17. The van der Waals surface area contributed by atoms with Gasteiger partial charge in [-0.2, -0.15) is 0 Å². The molecule has 2 N–H and O–H groups in total. The Kier molecular flexibility index (Phi) is 1.42. The number of nitrogens with one attached hydrogen (secondary N) is 2. The minimum absolute atomic E-state index is 0.0359. The van der Waals surface area contributed by atoms with Crippen molar-refractivity contribution < 1.29 is 4.92 Å². The Bertz CT molecular complexity index is 525. The maximum atomic E-state index is 10.8. The standard InChI is InChI=1S/C7H5N3O3/c11-6-2-1-4-5(10(12)13)3-8-7(4)9-6/h1-3H,(H2,8,9,11). The maximum absolute atomic E-state index is 10.8. The molecule has 0 aromatic carbocycles. The first-order valence-electron chi connectivity index (χ1n) is 3.53. The Morgan fingerprint density at radius 2 is 2.15 bits per heavy atom. The van der Waals surface area contributed by atoms with E-state index in [4.69, 9.17) is 0 Å². The number of nitro groups is 1. The van der Waals surface area contributed by atoms with Crippen molar-refractivity contribution in [3.63, 3.8) is 0 Å². The Labute approximate surface area is 71.4 Å². The van der Waals surface area contributed by atoms with E-state index in [1.807, 2.05) is 0 Å². The number of rotatable bonds is 1. The summed E-state index contributed by atoms with van der Waals surface area (Å²) in [6.45, 7) is 0. The van der Waals surface area contributed by atoms with Gasteiger partial charge in [-0.1, -0.05) is 0 Å². The van der Waals surface area contributed by atoms with Gasteiger partial charge in [0.2, 0.25) is 5.56 Å². The Morgan fingerprint density at radius 3 is 2.85 bits per heavy atom. The lowest BCUT2D eigenvalue weighted by atomic mass is 10.3. The first kappa shape index (κ1) is 7.53. The molecular formula is C7H5N3O3. The summed E-state index contributed by atoms with van der Waals surface area (Å²) in [6.07, 6.45) is 1.25. The van der Waals surface area contributed by atoms with Crippen LogP contribution in [0.15, 0.2) is 23.1 Å². The van der Waals surface area contributed by atoms with Crippen molar-refractivity contribution in [3.05, 3.63) is 38.8 Å². The molecule has 2 aromatic rings. The summed E-state index contributed by atoms with van der Waals surface area (Å²) in [4.78, 5) is 25.8. The minimum Gasteiger partial charge on any atom is -0.341 e. The Balaban J connectivity index is 2.83. The highest BCUT2D eigenvalue weighted by atomic mass is 16.6. The molecule has 6 heteroatoms. The topological polar surface area (TPSA) is 91.8 Å². The third-order valence-corrected chi connectivity index (χ3v) is 1.74. The van der Waals surface area contributed by atoms with Crippen LogP contribution in [0.1, 0.15) is 0 Å². The molecule has 0 aliphatic heterocycles. The molecule has 0 fully saturated rings. The van der Waals surface area contributed by atoms with Gasteiger partial charge in [0, 0.05) is 6.07 Å². The lowest BCUT2D eigenvalue weighted by molar-refractivity contribution is -0.383. The van der Waals surface area contributed by atoms with Gasteiger partial charge in [-0.15, -0.1) is 0 Å². The van der Waals surface area contributed by atoms with Crippen molar-refractivity contribution in [3.8, 4) is 0 Å². The number of fused-ring (bicyclic) bond motifs is 1. The van der Waals surface area contributed by atoms with Crippen LogP contribution in [-0.4, -0.2) is 14.9 Å². The van der Waals surface area contributed by atoms with E-state index in [-0.39, 0.29) is 11.2 Å². The number of aromatic nitrogens is 2. The van der Waals surface area contributed by atoms with Crippen LogP contribution in [0, 0.1) is 10.1 Å². The number of nitrogens with zero attached hydrogens (tertiary/aromatic N) is 1. The van der Waals surface area contributed by atoms with Crippen molar-refractivity contribution in [2.24, 2.45) is 0 Å². The molecule has 2 heterocycles. The van der Waals surface area contributed by atoms with E-state index in [2.05, 4.69) is 9.97 Å². The first-order chi connectivity index (χ1) is 6.18.